The minimum Gasteiger partial charge on any atom is -0.469 e. The molecule has 0 radical (unpaired) electrons. The number of fused-ring (bicyclic) bond motifs is 1. The highest BCUT2D eigenvalue weighted by molar-refractivity contribution is 5.75. The summed E-state index contributed by atoms with van der Waals surface area (Å²) < 4.78 is 18.0. The standard InChI is InChI=1S/C11H12FNO2/c1-15-11(14)8-5-7-3-2-4-9(12)10(7)13-6-8/h2-4,8,13H,5-6H2,1H3. The fraction of sp³-hybridized carbons (Fsp3) is 0.364. The molecule has 1 aliphatic rings. The summed E-state index contributed by atoms with van der Waals surface area (Å²) in [6.45, 7) is 0.431. The van der Waals surface area contributed by atoms with Gasteiger partial charge < -0.3 is 10.1 Å². The van der Waals surface area contributed by atoms with Gasteiger partial charge in [0, 0.05) is 6.54 Å². The number of ether oxygens (including phenoxy) is 1. The molecule has 0 aliphatic carbocycles. The van der Waals surface area contributed by atoms with Crippen molar-refractivity contribution in [2.75, 3.05) is 19.0 Å². The van der Waals surface area contributed by atoms with Crippen LogP contribution in [0.15, 0.2) is 18.2 Å². The van der Waals surface area contributed by atoms with Gasteiger partial charge in [-0.3, -0.25) is 4.79 Å². The second-order valence-corrected chi connectivity index (χ2v) is 3.58. The number of nitrogens with one attached hydrogen (secondary N) is 1. The number of benzene rings is 1. The molecule has 3 nitrogen and oxygen atoms in total. The molecule has 1 aromatic rings. The monoisotopic (exact) mass is 209 g/mol. The molecule has 0 spiro atoms. The first kappa shape index (κ1) is 9.96. The highest BCUT2D eigenvalue weighted by Gasteiger charge is 2.26. The van der Waals surface area contributed by atoms with Gasteiger partial charge in [0.05, 0.1) is 18.7 Å². The summed E-state index contributed by atoms with van der Waals surface area (Å²) in [6.07, 6.45) is 0.534. The number of hydrogen-bond donors (Lipinski definition) is 1. The van der Waals surface area contributed by atoms with Gasteiger partial charge >= 0.3 is 5.97 Å². The van der Waals surface area contributed by atoms with E-state index in [9.17, 15) is 9.18 Å². The van der Waals surface area contributed by atoms with E-state index in [0.717, 1.165) is 5.56 Å². The lowest BCUT2D eigenvalue weighted by molar-refractivity contribution is -0.145. The Hall–Kier alpha value is -1.58. The van der Waals surface area contributed by atoms with E-state index in [1.54, 1.807) is 6.07 Å². The highest BCUT2D eigenvalue weighted by Crippen LogP contribution is 2.27. The van der Waals surface area contributed by atoms with Gasteiger partial charge in [0.15, 0.2) is 0 Å². The van der Waals surface area contributed by atoms with Crippen molar-refractivity contribution in [3.05, 3.63) is 29.6 Å². The summed E-state index contributed by atoms with van der Waals surface area (Å²) in [5, 5.41) is 2.92. The van der Waals surface area contributed by atoms with Gasteiger partial charge in [-0.05, 0) is 18.1 Å². The Labute approximate surface area is 87.2 Å². The van der Waals surface area contributed by atoms with Crippen LogP contribution in [0.2, 0.25) is 0 Å². The van der Waals surface area contributed by atoms with Gasteiger partial charge in [0.1, 0.15) is 5.82 Å². The van der Waals surface area contributed by atoms with E-state index < -0.39 is 0 Å². The molecule has 1 atom stereocenters. The Morgan fingerprint density at radius 2 is 2.40 bits per heavy atom. The van der Waals surface area contributed by atoms with Crippen LogP contribution in [0.5, 0.6) is 0 Å². The minimum atomic E-state index is -0.268. The van der Waals surface area contributed by atoms with E-state index in [1.165, 1.54) is 13.2 Å². The number of carbonyl (C=O) groups is 1. The third kappa shape index (κ3) is 1.79. The molecule has 1 unspecified atom stereocenters. The second kappa shape index (κ2) is 3.88. The first-order valence-corrected chi connectivity index (χ1v) is 4.81. The van der Waals surface area contributed by atoms with Crippen molar-refractivity contribution in [2.45, 2.75) is 6.42 Å². The predicted molar refractivity (Wildman–Crippen MR) is 54.1 cm³/mol. The van der Waals surface area contributed by atoms with Crippen molar-refractivity contribution in [3.63, 3.8) is 0 Å². The van der Waals surface area contributed by atoms with E-state index in [4.69, 9.17) is 0 Å². The van der Waals surface area contributed by atoms with Gasteiger partial charge in [-0.2, -0.15) is 0 Å². The number of halogens is 1. The summed E-state index contributed by atoms with van der Waals surface area (Å²) in [5.41, 5.74) is 1.34. The number of anilines is 1. The van der Waals surface area contributed by atoms with E-state index in [-0.39, 0.29) is 17.7 Å². The minimum absolute atomic E-state index is 0.218. The molecular weight excluding hydrogens is 197 g/mol. The predicted octanol–water partition coefficient (Wildman–Crippen LogP) is 1.58. The average molecular weight is 209 g/mol. The lowest BCUT2D eigenvalue weighted by atomic mass is 9.94. The molecular formula is C11H12FNO2. The quantitative estimate of drug-likeness (QED) is 0.714. The van der Waals surface area contributed by atoms with Gasteiger partial charge in [-0.15, -0.1) is 0 Å². The van der Waals surface area contributed by atoms with Crippen LogP contribution >= 0.6 is 0 Å². The Balaban J connectivity index is 2.24. The van der Waals surface area contributed by atoms with Gasteiger partial charge in [-0.25, -0.2) is 4.39 Å². The first-order chi connectivity index (χ1) is 7.22. The summed E-state index contributed by atoms with van der Waals surface area (Å²) in [7, 11) is 1.36. The van der Waals surface area contributed by atoms with Crippen LogP contribution in [-0.2, 0) is 16.0 Å². The van der Waals surface area contributed by atoms with Crippen LogP contribution in [-0.4, -0.2) is 19.6 Å². The van der Waals surface area contributed by atoms with Crippen LogP contribution in [0, 0.1) is 11.7 Å². The fourth-order valence-electron chi connectivity index (χ4n) is 1.83. The van der Waals surface area contributed by atoms with Gasteiger partial charge in [-0.1, -0.05) is 12.1 Å². The van der Waals surface area contributed by atoms with E-state index in [1.807, 2.05) is 6.07 Å². The van der Waals surface area contributed by atoms with Crippen LogP contribution in [0.4, 0.5) is 10.1 Å². The number of carbonyl (C=O) groups excluding carboxylic acids is 1. The fourth-order valence-corrected chi connectivity index (χ4v) is 1.83. The van der Waals surface area contributed by atoms with Gasteiger partial charge in [0.2, 0.25) is 0 Å². The maximum absolute atomic E-state index is 13.3. The van der Waals surface area contributed by atoms with Crippen molar-refractivity contribution in [1.82, 2.24) is 0 Å². The number of rotatable bonds is 1. The first-order valence-electron chi connectivity index (χ1n) is 4.81. The van der Waals surface area contributed by atoms with Crippen molar-refractivity contribution in [2.24, 2.45) is 5.92 Å². The molecule has 0 saturated carbocycles. The normalized spacial score (nSPS) is 18.9. The topological polar surface area (TPSA) is 38.3 Å². The molecule has 1 N–H and O–H groups in total. The van der Waals surface area contributed by atoms with Crippen molar-refractivity contribution in [1.29, 1.82) is 0 Å². The molecule has 0 amide bonds. The largest absolute Gasteiger partial charge is 0.469 e. The van der Waals surface area contributed by atoms with Crippen LogP contribution in [0.25, 0.3) is 0 Å². The molecule has 1 aliphatic heterocycles. The summed E-state index contributed by atoms with van der Waals surface area (Å²) >= 11 is 0. The maximum atomic E-state index is 13.3. The smallest absolute Gasteiger partial charge is 0.310 e. The number of esters is 1. The van der Waals surface area contributed by atoms with Crippen LogP contribution < -0.4 is 5.32 Å². The molecule has 4 heteroatoms. The van der Waals surface area contributed by atoms with Crippen molar-refractivity contribution >= 4 is 11.7 Å². The Bertz CT molecular complexity index is 392. The molecule has 1 heterocycles. The van der Waals surface area contributed by atoms with Crippen molar-refractivity contribution < 1.29 is 13.9 Å². The molecule has 1 aromatic carbocycles. The van der Waals surface area contributed by atoms with Crippen molar-refractivity contribution in [3.8, 4) is 0 Å². The molecule has 0 aromatic heterocycles. The highest BCUT2D eigenvalue weighted by atomic mass is 19.1. The number of hydrogen-bond acceptors (Lipinski definition) is 3. The summed E-state index contributed by atoms with van der Waals surface area (Å²) in [6, 6.07) is 4.88. The lowest BCUT2D eigenvalue weighted by Gasteiger charge is -2.24. The lowest BCUT2D eigenvalue weighted by Crippen LogP contribution is -2.31. The second-order valence-electron chi connectivity index (χ2n) is 3.58. The SMILES string of the molecule is COC(=O)C1CNc2c(F)cccc2C1. The Morgan fingerprint density at radius 3 is 3.13 bits per heavy atom. The molecule has 15 heavy (non-hydrogen) atoms. The number of para-hydroxylation sites is 1. The third-order valence-corrected chi connectivity index (χ3v) is 2.63. The average Bonchev–Trinajstić information content (AvgIpc) is 2.28. The zero-order valence-corrected chi connectivity index (χ0v) is 8.42. The Kier molecular flexibility index (Phi) is 2.58. The van der Waals surface area contributed by atoms with E-state index in [0.29, 0.717) is 18.7 Å². The van der Waals surface area contributed by atoms with Gasteiger partial charge in [0.25, 0.3) is 0 Å². The summed E-state index contributed by atoms with van der Waals surface area (Å²) in [5.74, 6) is -0.738. The molecule has 80 valence electrons. The van der Waals surface area contributed by atoms with E-state index in [2.05, 4.69) is 10.1 Å². The van der Waals surface area contributed by atoms with E-state index >= 15 is 0 Å². The molecule has 2 rings (SSSR count). The zero-order valence-electron chi connectivity index (χ0n) is 8.42. The number of methoxy groups -OCH3 is 1. The van der Waals surface area contributed by atoms with Crippen LogP contribution in [0.1, 0.15) is 5.56 Å². The zero-order chi connectivity index (χ0) is 10.8. The molecule has 0 saturated heterocycles. The third-order valence-electron chi connectivity index (χ3n) is 2.63. The molecule has 0 fully saturated rings. The maximum Gasteiger partial charge on any atom is 0.310 e. The molecule has 0 bridgehead atoms. The van der Waals surface area contributed by atoms with Crippen LogP contribution in [0.3, 0.4) is 0 Å². The summed E-state index contributed by atoms with van der Waals surface area (Å²) in [4.78, 5) is 11.3. The Morgan fingerprint density at radius 1 is 1.60 bits per heavy atom.